The molecule has 2 aromatic rings. The lowest BCUT2D eigenvalue weighted by Gasteiger charge is -2.33. The number of pyridine rings is 1. The Balaban J connectivity index is 1.71. The molecule has 0 spiro atoms. The average molecular weight is 339 g/mol. The molecule has 0 bridgehead atoms. The van der Waals surface area contributed by atoms with Gasteiger partial charge in [0, 0.05) is 36.5 Å². The van der Waals surface area contributed by atoms with Gasteiger partial charge in [-0.2, -0.15) is 0 Å². The SMILES string of the molecule is COc1c(C)cnc(CN2CC(=O)NC(Cc3ccccc3)C2)c1C. The van der Waals surface area contributed by atoms with Crippen LogP contribution in [0.4, 0.5) is 0 Å². The summed E-state index contributed by atoms with van der Waals surface area (Å²) < 4.78 is 5.49. The normalized spacial score (nSPS) is 18.0. The first-order valence-electron chi connectivity index (χ1n) is 8.61. The number of hydrogen-bond donors (Lipinski definition) is 1. The highest BCUT2D eigenvalue weighted by Gasteiger charge is 2.25. The van der Waals surface area contributed by atoms with Crippen LogP contribution in [0.3, 0.4) is 0 Å². The zero-order chi connectivity index (χ0) is 17.8. The quantitative estimate of drug-likeness (QED) is 0.908. The van der Waals surface area contributed by atoms with Crippen LogP contribution in [-0.4, -0.2) is 42.0 Å². The summed E-state index contributed by atoms with van der Waals surface area (Å²) in [5.74, 6) is 0.955. The molecule has 3 rings (SSSR count). The number of methoxy groups -OCH3 is 1. The molecule has 0 radical (unpaired) electrons. The van der Waals surface area contributed by atoms with Crippen LogP contribution in [0.15, 0.2) is 36.5 Å². The highest BCUT2D eigenvalue weighted by molar-refractivity contribution is 5.79. The molecule has 1 atom stereocenters. The van der Waals surface area contributed by atoms with Crippen molar-refractivity contribution in [3.8, 4) is 5.75 Å². The van der Waals surface area contributed by atoms with Gasteiger partial charge in [-0.3, -0.25) is 14.7 Å². The van der Waals surface area contributed by atoms with Gasteiger partial charge in [-0.1, -0.05) is 30.3 Å². The zero-order valence-corrected chi connectivity index (χ0v) is 15.1. The van der Waals surface area contributed by atoms with Crippen LogP contribution in [0.2, 0.25) is 0 Å². The first-order chi connectivity index (χ1) is 12.1. The van der Waals surface area contributed by atoms with E-state index in [1.807, 2.05) is 38.2 Å². The fourth-order valence-electron chi connectivity index (χ4n) is 3.48. The summed E-state index contributed by atoms with van der Waals surface area (Å²) in [7, 11) is 1.68. The number of ether oxygens (including phenoxy) is 1. The third kappa shape index (κ3) is 4.17. The van der Waals surface area contributed by atoms with Crippen molar-refractivity contribution in [1.29, 1.82) is 0 Å². The van der Waals surface area contributed by atoms with Crippen molar-refractivity contribution in [3.63, 3.8) is 0 Å². The van der Waals surface area contributed by atoms with E-state index in [0.717, 1.165) is 35.5 Å². The van der Waals surface area contributed by atoms with E-state index in [4.69, 9.17) is 4.74 Å². The molecule has 0 aliphatic carbocycles. The Labute approximate surface area is 149 Å². The van der Waals surface area contributed by atoms with E-state index in [-0.39, 0.29) is 11.9 Å². The second-order valence-electron chi connectivity index (χ2n) is 6.67. The Morgan fingerprint density at radius 3 is 2.76 bits per heavy atom. The van der Waals surface area contributed by atoms with Crippen LogP contribution in [0.1, 0.15) is 22.4 Å². The highest BCUT2D eigenvalue weighted by atomic mass is 16.5. The summed E-state index contributed by atoms with van der Waals surface area (Å²) in [5.41, 5.74) is 4.28. The second-order valence-corrected chi connectivity index (χ2v) is 6.67. The lowest BCUT2D eigenvalue weighted by atomic mass is 10.0. The summed E-state index contributed by atoms with van der Waals surface area (Å²) >= 11 is 0. The Kier molecular flexibility index (Phi) is 5.34. The van der Waals surface area contributed by atoms with Crippen molar-refractivity contribution >= 4 is 5.91 Å². The van der Waals surface area contributed by atoms with E-state index in [9.17, 15) is 4.79 Å². The van der Waals surface area contributed by atoms with Crippen molar-refractivity contribution in [2.75, 3.05) is 20.2 Å². The number of piperazine rings is 1. The summed E-state index contributed by atoms with van der Waals surface area (Å²) in [6.45, 7) is 5.90. The number of nitrogens with one attached hydrogen (secondary N) is 1. The third-order valence-electron chi connectivity index (χ3n) is 4.66. The fraction of sp³-hybridized carbons (Fsp3) is 0.400. The molecule has 0 saturated carbocycles. The lowest BCUT2D eigenvalue weighted by Crippen LogP contribution is -2.54. The molecule has 1 aromatic heterocycles. The number of aryl methyl sites for hydroxylation is 1. The van der Waals surface area contributed by atoms with Gasteiger partial charge in [0.15, 0.2) is 0 Å². The molecule has 1 unspecified atom stereocenters. The smallest absolute Gasteiger partial charge is 0.234 e. The molecule has 132 valence electrons. The van der Waals surface area contributed by atoms with Crippen LogP contribution in [-0.2, 0) is 17.8 Å². The number of benzene rings is 1. The van der Waals surface area contributed by atoms with E-state index >= 15 is 0 Å². The van der Waals surface area contributed by atoms with Crippen molar-refractivity contribution in [2.45, 2.75) is 32.9 Å². The van der Waals surface area contributed by atoms with Gasteiger partial charge < -0.3 is 10.1 Å². The number of aromatic nitrogens is 1. The van der Waals surface area contributed by atoms with Gasteiger partial charge in [-0.05, 0) is 25.8 Å². The minimum Gasteiger partial charge on any atom is -0.496 e. The summed E-state index contributed by atoms with van der Waals surface area (Å²) in [4.78, 5) is 18.9. The molecule has 1 aliphatic heterocycles. The molecular formula is C20H25N3O2. The van der Waals surface area contributed by atoms with E-state index in [1.54, 1.807) is 7.11 Å². The highest BCUT2D eigenvalue weighted by Crippen LogP contribution is 2.25. The maximum atomic E-state index is 12.1. The van der Waals surface area contributed by atoms with Crippen LogP contribution in [0.25, 0.3) is 0 Å². The van der Waals surface area contributed by atoms with Gasteiger partial charge in [0.2, 0.25) is 5.91 Å². The van der Waals surface area contributed by atoms with Crippen LogP contribution < -0.4 is 10.1 Å². The van der Waals surface area contributed by atoms with Gasteiger partial charge in [0.25, 0.3) is 0 Å². The fourth-order valence-corrected chi connectivity index (χ4v) is 3.48. The van der Waals surface area contributed by atoms with Crippen LogP contribution in [0.5, 0.6) is 5.75 Å². The Hall–Kier alpha value is -2.40. The third-order valence-corrected chi connectivity index (χ3v) is 4.66. The number of carbonyl (C=O) groups is 1. The van der Waals surface area contributed by atoms with Gasteiger partial charge in [-0.15, -0.1) is 0 Å². The average Bonchev–Trinajstić information content (AvgIpc) is 2.58. The summed E-state index contributed by atoms with van der Waals surface area (Å²) in [6.07, 6.45) is 2.68. The Morgan fingerprint density at radius 1 is 1.28 bits per heavy atom. The van der Waals surface area contributed by atoms with E-state index in [0.29, 0.717) is 13.1 Å². The van der Waals surface area contributed by atoms with Crippen molar-refractivity contribution in [1.82, 2.24) is 15.2 Å². The van der Waals surface area contributed by atoms with E-state index in [1.165, 1.54) is 5.56 Å². The predicted molar refractivity (Wildman–Crippen MR) is 97.6 cm³/mol. The Morgan fingerprint density at radius 2 is 2.04 bits per heavy atom. The number of carbonyl (C=O) groups excluding carboxylic acids is 1. The summed E-state index contributed by atoms with van der Waals surface area (Å²) in [6, 6.07) is 10.4. The van der Waals surface area contributed by atoms with Crippen molar-refractivity contribution < 1.29 is 9.53 Å². The van der Waals surface area contributed by atoms with E-state index in [2.05, 4.69) is 27.3 Å². The predicted octanol–water partition coefficient (Wildman–Crippen LogP) is 2.25. The first-order valence-corrected chi connectivity index (χ1v) is 8.61. The standard InChI is InChI=1S/C20H25N3O2/c1-14-10-21-18(15(2)20(14)25-3)12-23-11-17(22-19(24)13-23)9-16-7-5-4-6-8-16/h4-8,10,17H,9,11-13H2,1-3H3,(H,22,24). The molecule has 2 heterocycles. The molecule has 1 aromatic carbocycles. The van der Waals surface area contributed by atoms with Gasteiger partial charge in [-0.25, -0.2) is 0 Å². The zero-order valence-electron chi connectivity index (χ0n) is 15.1. The first kappa shape index (κ1) is 17.4. The Bertz CT molecular complexity index is 746. The van der Waals surface area contributed by atoms with Crippen molar-refractivity contribution in [3.05, 3.63) is 58.9 Å². The molecule has 1 fully saturated rings. The van der Waals surface area contributed by atoms with Crippen molar-refractivity contribution in [2.24, 2.45) is 0 Å². The number of nitrogens with zero attached hydrogens (tertiary/aromatic N) is 2. The monoisotopic (exact) mass is 339 g/mol. The van der Waals surface area contributed by atoms with Crippen LogP contribution in [0, 0.1) is 13.8 Å². The molecule has 5 heteroatoms. The second kappa shape index (κ2) is 7.66. The lowest BCUT2D eigenvalue weighted by molar-refractivity contribution is -0.125. The van der Waals surface area contributed by atoms with E-state index < -0.39 is 0 Å². The van der Waals surface area contributed by atoms with Crippen LogP contribution >= 0.6 is 0 Å². The minimum atomic E-state index is 0.0731. The summed E-state index contributed by atoms with van der Waals surface area (Å²) in [5, 5.41) is 3.10. The molecular weight excluding hydrogens is 314 g/mol. The molecule has 1 amide bonds. The molecule has 5 nitrogen and oxygen atoms in total. The minimum absolute atomic E-state index is 0.0731. The van der Waals surface area contributed by atoms with Gasteiger partial charge in [0.05, 0.1) is 19.3 Å². The number of amides is 1. The number of hydrogen-bond acceptors (Lipinski definition) is 4. The molecule has 1 N–H and O–H groups in total. The maximum Gasteiger partial charge on any atom is 0.234 e. The van der Waals surface area contributed by atoms with Gasteiger partial charge >= 0.3 is 0 Å². The largest absolute Gasteiger partial charge is 0.496 e. The molecule has 25 heavy (non-hydrogen) atoms. The number of rotatable bonds is 5. The molecule has 1 saturated heterocycles. The maximum absolute atomic E-state index is 12.1. The van der Waals surface area contributed by atoms with Gasteiger partial charge in [0.1, 0.15) is 5.75 Å². The molecule has 1 aliphatic rings. The topological polar surface area (TPSA) is 54.5 Å².